The number of hydrogen-bond acceptors (Lipinski definition) is 7. The maximum Gasteiger partial charge on any atom is 0.225 e. The summed E-state index contributed by atoms with van der Waals surface area (Å²) in [5.41, 5.74) is 2.36. The summed E-state index contributed by atoms with van der Waals surface area (Å²) in [6.45, 7) is 10.1. The van der Waals surface area contributed by atoms with Gasteiger partial charge in [-0.3, -0.25) is 0 Å². The highest BCUT2D eigenvalue weighted by Crippen LogP contribution is 2.26. The van der Waals surface area contributed by atoms with Crippen molar-refractivity contribution in [3.63, 3.8) is 0 Å². The van der Waals surface area contributed by atoms with Crippen LogP contribution in [0.25, 0.3) is 10.9 Å². The largest absolute Gasteiger partial charge is 0.362 e. The summed E-state index contributed by atoms with van der Waals surface area (Å²) in [6.07, 6.45) is 9.53. The molecule has 1 heterocycles. The summed E-state index contributed by atoms with van der Waals surface area (Å²) in [4.78, 5) is 14.4. The average Bonchev–Trinajstić information content (AvgIpc) is 2.99. The molecule has 224 valence electrons. The lowest BCUT2D eigenvalue weighted by atomic mass is 9.91. The Morgan fingerprint density at radius 2 is 1.54 bits per heavy atom. The second-order valence-corrected chi connectivity index (χ2v) is 11.9. The van der Waals surface area contributed by atoms with Gasteiger partial charge < -0.3 is 25.8 Å². The molecular formula is C34H53N7. The molecule has 1 aromatic heterocycles. The van der Waals surface area contributed by atoms with Gasteiger partial charge in [0.15, 0.2) is 0 Å². The first-order chi connectivity index (χ1) is 20.1. The van der Waals surface area contributed by atoms with E-state index in [1.54, 1.807) is 0 Å². The number of hydrogen-bond donors (Lipinski definition) is 3. The first-order valence-electron chi connectivity index (χ1n) is 16.0. The predicted molar refractivity (Wildman–Crippen MR) is 175 cm³/mol. The summed E-state index contributed by atoms with van der Waals surface area (Å²) in [6, 6.07) is 20.6. The Hall–Kier alpha value is -2.74. The minimum absolute atomic E-state index is 0.430. The zero-order valence-electron chi connectivity index (χ0n) is 25.9. The van der Waals surface area contributed by atoms with Crippen molar-refractivity contribution in [3.05, 3.63) is 60.2 Å². The number of nitrogens with zero attached hydrogens (tertiary/aromatic N) is 4. The summed E-state index contributed by atoms with van der Waals surface area (Å²) in [5, 5.41) is 12.5. The first-order valence-corrected chi connectivity index (χ1v) is 16.0. The lowest BCUT2D eigenvalue weighted by Crippen LogP contribution is -2.42. The van der Waals surface area contributed by atoms with Crippen LogP contribution in [0.1, 0.15) is 70.8 Å². The van der Waals surface area contributed by atoms with Crippen molar-refractivity contribution in [2.75, 3.05) is 50.5 Å². The van der Waals surface area contributed by atoms with Crippen LogP contribution in [0.3, 0.4) is 0 Å². The van der Waals surface area contributed by atoms with Crippen molar-refractivity contribution >= 4 is 22.7 Å². The van der Waals surface area contributed by atoms with Crippen LogP contribution in [-0.2, 0) is 6.54 Å². The van der Waals surface area contributed by atoms with Gasteiger partial charge >= 0.3 is 0 Å². The third-order valence-corrected chi connectivity index (χ3v) is 8.23. The van der Waals surface area contributed by atoms with E-state index in [0.717, 1.165) is 55.1 Å². The molecule has 1 aliphatic carbocycles. The van der Waals surface area contributed by atoms with Crippen molar-refractivity contribution in [2.45, 2.75) is 89.9 Å². The molecule has 7 heteroatoms. The fourth-order valence-electron chi connectivity index (χ4n) is 6.10. The van der Waals surface area contributed by atoms with Crippen molar-refractivity contribution in [1.29, 1.82) is 0 Å². The number of aromatic nitrogens is 2. The average molecular weight is 560 g/mol. The standard InChI is InChI=1S/C34H53N7/c1-5-23-41(24-6-2)26-30(36-25-27-13-8-7-9-14-27)15-12-22-35-28-18-20-29(21-19-28)37-34-38-32-17-11-10-16-31(32)33(39-34)40(3)4/h7-11,13-14,16-17,28-30,35-36H,5-6,12,15,18-26H2,1-4H3,(H,37,38,39). The SMILES string of the molecule is CCCN(CCC)CC(CCCNC1CCC(Nc2nc(N(C)C)c3ccccc3n2)CC1)NCc1ccccc1. The van der Waals surface area contributed by atoms with Crippen LogP contribution < -0.4 is 20.9 Å². The second kappa shape index (κ2) is 16.6. The van der Waals surface area contributed by atoms with Crippen molar-refractivity contribution < 1.29 is 0 Å². The van der Waals surface area contributed by atoms with Crippen molar-refractivity contribution in [3.8, 4) is 0 Å². The smallest absolute Gasteiger partial charge is 0.225 e. The van der Waals surface area contributed by atoms with E-state index in [0.29, 0.717) is 18.1 Å². The monoisotopic (exact) mass is 559 g/mol. The van der Waals surface area contributed by atoms with Crippen molar-refractivity contribution in [1.82, 2.24) is 25.5 Å². The summed E-state index contributed by atoms with van der Waals surface area (Å²) in [7, 11) is 4.09. The molecular weight excluding hydrogens is 506 g/mol. The van der Waals surface area contributed by atoms with Crippen LogP contribution in [0.2, 0.25) is 0 Å². The minimum Gasteiger partial charge on any atom is -0.362 e. The molecule has 3 N–H and O–H groups in total. The van der Waals surface area contributed by atoms with Gasteiger partial charge in [0.2, 0.25) is 5.95 Å². The topological polar surface area (TPSA) is 68.3 Å². The molecule has 0 spiro atoms. The number of benzene rings is 2. The quantitative estimate of drug-likeness (QED) is 0.174. The maximum atomic E-state index is 4.85. The van der Waals surface area contributed by atoms with Gasteiger partial charge in [-0.05, 0) is 88.7 Å². The third-order valence-electron chi connectivity index (χ3n) is 8.23. The van der Waals surface area contributed by atoms with E-state index in [4.69, 9.17) is 9.97 Å². The van der Waals surface area contributed by atoms with Crippen LogP contribution in [0, 0.1) is 0 Å². The number of rotatable bonds is 17. The van der Waals surface area contributed by atoms with Gasteiger partial charge in [-0.25, -0.2) is 4.98 Å². The van der Waals surface area contributed by atoms with Gasteiger partial charge in [0.05, 0.1) is 5.52 Å². The highest BCUT2D eigenvalue weighted by atomic mass is 15.2. The molecule has 1 atom stereocenters. The van der Waals surface area contributed by atoms with E-state index in [2.05, 4.69) is 88.1 Å². The van der Waals surface area contributed by atoms with Gasteiger partial charge in [-0.2, -0.15) is 4.98 Å². The molecule has 1 aliphatic rings. The molecule has 2 aromatic carbocycles. The van der Waals surface area contributed by atoms with E-state index < -0.39 is 0 Å². The van der Waals surface area contributed by atoms with E-state index in [9.17, 15) is 0 Å². The minimum atomic E-state index is 0.430. The predicted octanol–water partition coefficient (Wildman–Crippen LogP) is 6.07. The fourth-order valence-corrected chi connectivity index (χ4v) is 6.10. The second-order valence-electron chi connectivity index (χ2n) is 11.9. The van der Waals surface area contributed by atoms with Crippen molar-refractivity contribution in [2.24, 2.45) is 0 Å². The highest BCUT2D eigenvalue weighted by Gasteiger charge is 2.22. The van der Waals surface area contributed by atoms with Crippen LogP contribution >= 0.6 is 0 Å². The van der Waals surface area contributed by atoms with E-state index in [1.165, 1.54) is 57.2 Å². The van der Waals surface area contributed by atoms with E-state index in [-0.39, 0.29) is 0 Å². The molecule has 0 aliphatic heterocycles. The number of para-hydroxylation sites is 1. The normalized spacial score (nSPS) is 18.1. The Morgan fingerprint density at radius 3 is 2.24 bits per heavy atom. The molecule has 1 saturated carbocycles. The Kier molecular flexibility index (Phi) is 12.7. The molecule has 1 unspecified atom stereocenters. The highest BCUT2D eigenvalue weighted by molar-refractivity contribution is 5.90. The first kappa shape index (κ1) is 31.2. The lowest BCUT2D eigenvalue weighted by molar-refractivity contribution is 0.233. The molecule has 4 rings (SSSR count). The zero-order chi connectivity index (χ0) is 28.9. The molecule has 1 fully saturated rings. The molecule has 0 saturated heterocycles. The van der Waals surface area contributed by atoms with Crippen LogP contribution in [0.4, 0.5) is 11.8 Å². The molecule has 7 nitrogen and oxygen atoms in total. The van der Waals surface area contributed by atoms with Gasteiger partial charge in [0.1, 0.15) is 5.82 Å². The maximum absolute atomic E-state index is 4.85. The van der Waals surface area contributed by atoms with E-state index in [1.807, 2.05) is 20.2 Å². The fraction of sp³-hybridized carbons (Fsp3) is 0.588. The molecule has 41 heavy (non-hydrogen) atoms. The molecule has 0 amide bonds. The molecule has 0 radical (unpaired) electrons. The zero-order valence-corrected chi connectivity index (χ0v) is 25.9. The van der Waals surface area contributed by atoms with Crippen LogP contribution in [0.15, 0.2) is 54.6 Å². The summed E-state index contributed by atoms with van der Waals surface area (Å²) < 4.78 is 0. The number of fused-ring (bicyclic) bond motifs is 1. The molecule has 3 aromatic rings. The lowest BCUT2D eigenvalue weighted by Gasteiger charge is -2.31. The van der Waals surface area contributed by atoms with Gasteiger partial charge in [0.25, 0.3) is 0 Å². The number of anilines is 2. The van der Waals surface area contributed by atoms with Crippen LogP contribution in [-0.4, -0.2) is 73.3 Å². The Morgan fingerprint density at radius 1 is 0.854 bits per heavy atom. The Balaban J connectivity index is 1.21. The van der Waals surface area contributed by atoms with Crippen LogP contribution in [0.5, 0.6) is 0 Å². The van der Waals surface area contributed by atoms with Gasteiger partial charge in [0, 0.05) is 50.7 Å². The summed E-state index contributed by atoms with van der Waals surface area (Å²) >= 11 is 0. The number of nitrogens with one attached hydrogen (secondary N) is 3. The molecule has 0 bridgehead atoms. The van der Waals surface area contributed by atoms with Gasteiger partial charge in [-0.15, -0.1) is 0 Å². The van der Waals surface area contributed by atoms with Gasteiger partial charge in [-0.1, -0.05) is 56.3 Å². The summed E-state index contributed by atoms with van der Waals surface area (Å²) in [5.74, 6) is 1.72. The Bertz CT molecular complexity index is 1140. The van der Waals surface area contributed by atoms with E-state index >= 15 is 0 Å². The third kappa shape index (κ3) is 9.94. The Labute approximate surface area is 248 Å².